The van der Waals surface area contributed by atoms with Gasteiger partial charge in [0, 0.05) is 42.3 Å². The van der Waals surface area contributed by atoms with E-state index in [0.717, 1.165) is 45.9 Å². The van der Waals surface area contributed by atoms with Crippen LogP contribution >= 0.6 is 11.3 Å². The molecule has 4 heterocycles. The molecule has 132 valence electrons. The molecule has 7 nitrogen and oxygen atoms in total. The maximum absolute atomic E-state index is 12.6. The van der Waals surface area contributed by atoms with Crippen LogP contribution in [0.3, 0.4) is 0 Å². The molecule has 2 atom stereocenters. The van der Waals surface area contributed by atoms with Crippen LogP contribution in [0.15, 0.2) is 30.5 Å². The Bertz CT molecular complexity index is 1000. The standard InChI is InChI=1S/C18H18N6OS/c1-10-22-23-17(26-10)11-2-3-12-7-20-16(5-13(12)4-11)21-18(25)24-9-14-6-15(24)8-19-14/h2-5,7,14-15,19H,6,8-9H2,1H3,(H,20,21,25)/t14-,15-/m1/s1. The number of likely N-dealkylation sites (tertiary alicyclic amines) is 1. The van der Waals surface area contributed by atoms with E-state index in [2.05, 4.69) is 31.9 Å². The largest absolute Gasteiger partial charge is 0.323 e. The van der Waals surface area contributed by atoms with Crippen LogP contribution in [0, 0.1) is 6.92 Å². The Hall–Kier alpha value is -2.58. The van der Waals surface area contributed by atoms with Crippen molar-refractivity contribution in [2.75, 3.05) is 18.4 Å². The second kappa shape index (κ2) is 6.00. The molecule has 2 N–H and O–H groups in total. The van der Waals surface area contributed by atoms with Gasteiger partial charge in [0.15, 0.2) is 0 Å². The van der Waals surface area contributed by atoms with Crippen LogP contribution in [-0.4, -0.2) is 51.3 Å². The lowest BCUT2D eigenvalue weighted by Gasteiger charge is -2.27. The lowest BCUT2D eigenvalue weighted by atomic mass is 10.1. The minimum atomic E-state index is -0.0678. The molecule has 2 fully saturated rings. The van der Waals surface area contributed by atoms with Gasteiger partial charge in [0.2, 0.25) is 0 Å². The van der Waals surface area contributed by atoms with E-state index in [1.165, 1.54) is 0 Å². The number of urea groups is 1. The van der Waals surface area contributed by atoms with Gasteiger partial charge in [-0.3, -0.25) is 5.32 Å². The van der Waals surface area contributed by atoms with Gasteiger partial charge in [-0.1, -0.05) is 23.5 Å². The second-order valence-electron chi connectivity index (χ2n) is 6.83. The molecule has 0 unspecified atom stereocenters. The summed E-state index contributed by atoms with van der Waals surface area (Å²) in [6.07, 6.45) is 2.83. The van der Waals surface area contributed by atoms with Crippen molar-refractivity contribution < 1.29 is 4.79 Å². The second-order valence-corrected chi connectivity index (χ2v) is 8.02. The third-order valence-corrected chi connectivity index (χ3v) is 5.93. The first kappa shape index (κ1) is 15.7. The van der Waals surface area contributed by atoms with Gasteiger partial charge in [-0.25, -0.2) is 9.78 Å². The maximum atomic E-state index is 12.6. The number of amides is 2. The first-order valence-corrected chi connectivity index (χ1v) is 9.49. The van der Waals surface area contributed by atoms with Crippen molar-refractivity contribution in [3.63, 3.8) is 0 Å². The fraction of sp³-hybridized carbons (Fsp3) is 0.333. The number of pyridine rings is 1. The van der Waals surface area contributed by atoms with Crippen molar-refractivity contribution in [1.82, 2.24) is 25.4 Å². The quantitative estimate of drug-likeness (QED) is 0.728. The molecule has 2 aliphatic heterocycles. The Labute approximate surface area is 154 Å². The van der Waals surface area contributed by atoms with Gasteiger partial charge >= 0.3 is 6.03 Å². The number of hydrogen-bond donors (Lipinski definition) is 2. The smallest absolute Gasteiger partial charge is 0.319 e. The Morgan fingerprint density at radius 3 is 2.96 bits per heavy atom. The molecule has 2 aromatic heterocycles. The molecule has 0 saturated carbocycles. The Balaban J connectivity index is 1.40. The number of nitrogens with zero attached hydrogens (tertiary/aromatic N) is 4. The first-order chi connectivity index (χ1) is 12.7. The van der Waals surface area contributed by atoms with E-state index in [1.807, 2.05) is 30.0 Å². The van der Waals surface area contributed by atoms with E-state index in [-0.39, 0.29) is 6.03 Å². The number of benzene rings is 1. The molecule has 0 aliphatic carbocycles. The lowest BCUT2D eigenvalue weighted by Crippen LogP contribution is -2.48. The monoisotopic (exact) mass is 366 g/mol. The topological polar surface area (TPSA) is 83.0 Å². The van der Waals surface area contributed by atoms with Gasteiger partial charge in [0.05, 0.1) is 0 Å². The van der Waals surface area contributed by atoms with Gasteiger partial charge in [0.1, 0.15) is 15.8 Å². The predicted octanol–water partition coefficient (Wildman–Crippen LogP) is 2.64. The summed E-state index contributed by atoms with van der Waals surface area (Å²) >= 11 is 1.57. The van der Waals surface area contributed by atoms with Crippen LogP contribution < -0.4 is 10.6 Å². The van der Waals surface area contributed by atoms with Gasteiger partial charge in [-0.05, 0) is 30.9 Å². The predicted molar refractivity (Wildman–Crippen MR) is 101 cm³/mol. The SMILES string of the molecule is Cc1nnc(-c2ccc3cnc(NC(=O)N4C[C@H]5C[C@@H]4CN5)cc3c2)s1. The first-order valence-electron chi connectivity index (χ1n) is 8.67. The maximum Gasteiger partial charge on any atom is 0.323 e. The molecule has 2 bridgehead atoms. The fourth-order valence-corrected chi connectivity index (χ4v) is 4.43. The number of anilines is 1. The van der Waals surface area contributed by atoms with Gasteiger partial charge < -0.3 is 10.2 Å². The number of carbonyl (C=O) groups excluding carboxylic acids is 1. The molecule has 3 aromatic rings. The Morgan fingerprint density at radius 2 is 2.23 bits per heavy atom. The van der Waals surface area contributed by atoms with E-state index in [1.54, 1.807) is 17.5 Å². The molecule has 2 aliphatic rings. The molecule has 0 radical (unpaired) electrons. The van der Waals surface area contributed by atoms with E-state index in [4.69, 9.17) is 0 Å². The average molecular weight is 366 g/mol. The van der Waals surface area contributed by atoms with E-state index >= 15 is 0 Å². The number of carbonyl (C=O) groups is 1. The zero-order valence-electron chi connectivity index (χ0n) is 14.3. The van der Waals surface area contributed by atoms with Crippen molar-refractivity contribution in [3.8, 4) is 10.6 Å². The van der Waals surface area contributed by atoms with E-state index < -0.39 is 0 Å². The van der Waals surface area contributed by atoms with Crippen molar-refractivity contribution >= 4 is 34.0 Å². The highest BCUT2D eigenvalue weighted by Crippen LogP contribution is 2.28. The normalized spacial score (nSPS) is 21.5. The van der Waals surface area contributed by atoms with Crippen molar-refractivity contribution in [2.45, 2.75) is 25.4 Å². The lowest BCUT2D eigenvalue weighted by molar-refractivity contribution is 0.198. The van der Waals surface area contributed by atoms with Crippen LogP contribution in [0.25, 0.3) is 21.3 Å². The summed E-state index contributed by atoms with van der Waals surface area (Å²) in [5.74, 6) is 0.573. The molecule has 5 rings (SSSR count). The number of hydrogen-bond acceptors (Lipinski definition) is 6. The number of piperazine rings is 1. The minimum absolute atomic E-state index is 0.0678. The minimum Gasteiger partial charge on any atom is -0.319 e. The molecule has 2 saturated heterocycles. The Kier molecular flexibility index (Phi) is 3.61. The van der Waals surface area contributed by atoms with E-state index in [0.29, 0.717) is 17.9 Å². The molecule has 26 heavy (non-hydrogen) atoms. The zero-order chi connectivity index (χ0) is 17.7. The van der Waals surface area contributed by atoms with Gasteiger partial charge in [-0.15, -0.1) is 10.2 Å². The van der Waals surface area contributed by atoms with Gasteiger partial charge in [-0.2, -0.15) is 0 Å². The summed E-state index contributed by atoms with van der Waals surface area (Å²) in [6, 6.07) is 8.69. The molecular weight excluding hydrogens is 348 g/mol. The van der Waals surface area contributed by atoms with Crippen molar-refractivity contribution in [1.29, 1.82) is 0 Å². The summed E-state index contributed by atoms with van der Waals surface area (Å²) in [6.45, 7) is 3.60. The number of aryl methyl sites for hydroxylation is 1. The molecular formula is C18H18N6OS. The van der Waals surface area contributed by atoms with Crippen LogP contribution in [0.4, 0.5) is 10.6 Å². The number of rotatable bonds is 2. The van der Waals surface area contributed by atoms with E-state index in [9.17, 15) is 4.79 Å². The highest BCUT2D eigenvalue weighted by atomic mass is 32.1. The number of aromatic nitrogens is 3. The van der Waals surface area contributed by atoms with Crippen LogP contribution in [0.1, 0.15) is 11.4 Å². The third kappa shape index (κ3) is 2.71. The molecule has 8 heteroatoms. The highest BCUT2D eigenvalue weighted by molar-refractivity contribution is 7.14. The third-order valence-electron chi connectivity index (χ3n) is 5.05. The average Bonchev–Trinajstić information content (AvgIpc) is 3.38. The molecule has 1 aromatic carbocycles. The van der Waals surface area contributed by atoms with Crippen LogP contribution in [-0.2, 0) is 0 Å². The summed E-state index contributed by atoms with van der Waals surface area (Å²) in [7, 11) is 0. The summed E-state index contributed by atoms with van der Waals surface area (Å²) in [4.78, 5) is 18.9. The van der Waals surface area contributed by atoms with Gasteiger partial charge in [0.25, 0.3) is 0 Å². The highest BCUT2D eigenvalue weighted by Gasteiger charge is 2.40. The van der Waals surface area contributed by atoms with Crippen LogP contribution in [0.5, 0.6) is 0 Å². The summed E-state index contributed by atoms with van der Waals surface area (Å²) < 4.78 is 0. The van der Waals surface area contributed by atoms with Crippen molar-refractivity contribution in [3.05, 3.63) is 35.5 Å². The van der Waals surface area contributed by atoms with Crippen LogP contribution in [0.2, 0.25) is 0 Å². The zero-order valence-corrected chi connectivity index (χ0v) is 15.1. The molecule has 0 spiro atoms. The number of fused-ring (bicyclic) bond motifs is 3. The summed E-state index contributed by atoms with van der Waals surface area (Å²) in [5, 5.41) is 18.5. The summed E-state index contributed by atoms with van der Waals surface area (Å²) in [5.41, 5.74) is 1.02. The number of nitrogens with one attached hydrogen (secondary N) is 2. The Morgan fingerprint density at radius 1 is 1.31 bits per heavy atom. The van der Waals surface area contributed by atoms with Crippen molar-refractivity contribution in [2.24, 2.45) is 0 Å². The molecule has 2 amide bonds. The fourth-order valence-electron chi connectivity index (χ4n) is 3.75.